The Morgan fingerprint density at radius 2 is 2.05 bits per heavy atom. The first-order chi connectivity index (χ1) is 8.73. The molecule has 1 aromatic rings. The van der Waals surface area contributed by atoms with E-state index in [9.17, 15) is 22.0 Å². The van der Waals surface area contributed by atoms with Gasteiger partial charge >= 0.3 is 6.18 Å². The zero-order valence-corrected chi connectivity index (χ0v) is 11.2. The summed E-state index contributed by atoms with van der Waals surface area (Å²) >= 11 is 2.93. The molecule has 1 aliphatic carbocycles. The first-order valence-corrected chi connectivity index (χ1v) is 6.72. The summed E-state index contributed by atoms with van der Waals surface area (Å²) in [6.07, 6.45) is -4.27. The standard InChI is InChI=1S/C11H10BrF5N2/c12-4-7-5-18-9(19-8(7)11(15,16)17)6-1-2-10(13,14)3-6/h5-6H,1-4H2. The summed E-state index contributed by atoms with van der Waals surface area (Å²) in [6, 6.07) is 0. The summed E-state index contributed by atoms with van der Waals surface area (Å²) in [5.74, 6) is -3.68. The van der Waals surface area contributed by atoms with Crippen molar-refractivity contribution in [3.63, 3.8) is 0 Å². The second kappa shape index (κ2) is 4.96. The van der Waals surface area contributed by atoms with Crippen LogP contribution >= 0.6 is 15.9 Å². The van der Waals surface area contributed by atoms with Crippen LogP contribution in [0.2, 0.25) is 0 Å². The van der Waals surface area contributed by atoms with Crippen molar-refractivity contribution in [3.05, 3.63) is 23.3 Å². The maximum atomic E-state index is 13.1. The van der Waals surface area contributed by atoms with Crippen LogP contribution in [-0.4, -0.2) is 15.9 Å². The zero-order valence-electron chi connectivity index (χ0n) is 9.65. The number of rotatable bonds is 2. The second-order valence-electron chi connectivity index (χ2n) is 4.53. The minimum atomic E-state index is -4.61. The number of hydrogen-bond acceptors (Lipinski definition) is 2. The van der Waals surface area contributed by atoms with Gasteiger partial charge in [-0.2, -0.15) is 13.2 Å². The van der Waals surface area contributed by atoms with Crippen LogP contribution in [0.3, 0.4) is 0 Å². The molecular weight excluding hydrogens is 335 g/mol. The fourth-order valence-corrected chi connectivity index (χ4v) is 2.54. The molecule has 1 aromatic heterocycles. The Hall–Kier alpha value is -0.790. The molecule has 1 fully saturated rings. The molecule has 1 saturated carbocycles. The minimum Gasteiger partial charge on any atom is -0.241 e. The van der Waals surface area contributed by atoms with E-state index in [1.54, 1.807) is 0 Å². The highest BCUT2D eigenvalue weighted by atomic mass is 79.9. The Kier molecular flexibility index (Phi) is 3.81. The third kappa shape index (κ3) is 3.21. The lowest BCUT2D eigenvalue weighted by Crippen LogP contribution is -2.16. The summed E-state index contributed by atoms with van der Waals surface area (Å²) in [7, 11) is 0. The number of aromatic nitrogens is 2. The van der Waals surface area contributed by atoms with Crippen LogP contribution in [0.25, 0.3) is 0 Å². The van der Waals surface area contributed by atoms with Gasteiger partial charge in [0.05, 0.1) is 0 Å². The Morgan fingerprint density at radius 3 is 2.53 bits per heavy atom. The maximum Gasteiger partial charge on any atom is 0.433 e. The third-order valence-corrected chi connectivity index (χ3v) is 3.67. The van der Waals surface area contributed by atoms with Gasteiger partial charge in [0.25, 0.3) is 0 Å². The largest absolute Gasteiger partial charge is 0.433 e. The maximum absolute atomic E-state index is 13.1. The highest BCUT2D eigenvalue weighted by Crippen LogP contribution is 2.43. The zero-order chi connectivity index (χ0) is 14.3. The molecule has 1 aliphatic rings. The molecule has 2 nitrogen and oxygen atoms in total. The Labute approximate surface area is 114 Å². The van der Waals surface area contributed by atoms with E-state index in [1.807, 2.05) is 0 Å². The van der Waals surface area contributed by atoms with E-state index in [-0.39, 0.29) is 29.6 Å². The van der Waals surface area contributed by atoms with Crippen molar-refractivity contribution < 1.29 is 22.0 Å². The molecule has 0 amide bonds. The first kappa shape index (κ1) is 14.6. The van der Waals surface area contributed by atoms with Crippen molar-refractivity contribution >= 4 is 15.9 Å². The third-order valence-electron chi connectivity index (χ3n) is 3.06. The van der Waals surface area contributed by atoms with E-state index >= 15 is 0 Å². The summed E-state index contributed by atoms with van der Waals surface area (Å²) in [5, 5.41) is -0.0387. The SMILES string of the molecule is FC1(F)CCC(c2ncc(CBr)c(C(F)(F)F)n2)C1. The predicted octanol–water partition coefficient (Wildman–Crippen LogP) is 4.29. The Balaban J connectivity index is 2.34. The van der Waals surface area contributed by atoms with Gasteiger partial charge in [0.2, 0.25) is 5.92 Å². The number of hydrogen-bond donors (Lipinski definition) is 0. The van der Waals surface area contributed by atoms with Crippen LogP contribution in [0.5, 0.6) is 0 Å². The van der Waals surface area contributed by atoms with Gasteiger partial charge in [-0.3, -0.25) is 0 Å². The molecule has 0 spiro atoms. The van der Waals surface area contributed by atoms with E-state index in [1.165, 1.54) is 0 Å². The van der Waals surface area contributed by atoms with Gasteiger partial charge in [-0.15, -0.1) is 0 Å². The van der Waals surface area contributed by atoms with Gasteiger partial charge < -0.3 is 0 Å². The van der Waals surface area contributed by atoms with Crippen molar-refractivity contribution in [2.24, 2.45) is 0 Å². The average molecular weight is 345 g/mol. The Morgan fingerprint density at radius 1 is 1.37 bits per heavy atom. The summed E-state index contributed by atoms with van der Waals surface area (Å²) in [6.45, 7) is 0. The summed E-state index contributed by atoms with van der Waals surface area (Å²) in [4.78, 5) is 7.26. The Bertz CT molecular complexity index is 475. The van der Waals surface area contributed by atoms with Crippen molar-refractivity contribution in [2.45, 2.75) is 42.6 Å². The van der Waals surface area contributed by atoms with Crippen LogP contribution in [0, 0.1) is 0 Å². The van der Waals surface area contributed by atoms with Gasteiger partial charge in [0.1, 0.15) is 5.82 Å². The first-order valence-electron chi connectivity index (χ1n) is 5.60. The van der Waals surface area contributed by atoms with Crippen LogP contribution in [0.15, 0.2) is 6.20 Å². The molecule has 0 saturated heterocycles. The highest BCUT2D eigenvalue weighted by molar-refractivity contribution is 9.08. The van der Waals surface area contributed by atoms with E-state index in [0.717, 1.165) is 6.20 Å². The van der Waals surface area contributed by atoms with Crippen LogP contribution in [0.1, 0.15) is 42.3 Å². The molecule has 8 heteroatoms. The van der Waals surface area contributed by atoms with E-state index in [2.05, 4.69) is 25.9 Å². The number of halogens is 6. The van der Waals surface area contributed by atoms with Crippen molar-refractivity contribution in [1.29, 1.82) is 0 Å². The average Bonchev–Trinajstić information content (AvgIpc) is 2.68. The molecular formula is C11H10BrF5N2. The molecule has 0 radical (unpaired) electrons. The predicted molar refractivity (Wildman–Crippen MR) is 61.2 cm³/mol. The summed E-state index contributed by atoms with van der Waals surface area (Å²) in [5.41, 5.74) is -1.15. The van der Waals surface area contributed by atoms with Gasteiger partial charge in [-0.1, -0.05) is 15.9 Å². The quantitative estimate of drug-likeness (QED) is 0.590. The topological polar surface area (TPSA) is 25.8 Å². The minimum absolute atomic E-state index is 0.0387. The lowest BCUT2D eigenvalue weighted by molar-refractivity contribution is -0.141. The lowest BCUT2D eigenvalue weighted by atomic mass is 10.1. The molecule has 2 rings (SSSR count). The number of alkyl halides is 6. The van der Waals surface area contributed by atoms with Gasteiger partial charge in [-0.25, -0.2) is 18.7 Å². The molecule has 19 heavy (non-hydrogen) atoms. The monoisotopic (exact) mass is 344 g/mol. The highest BCUT2D eigenvalue weighted by Gasteiger charge is 2.42. The molecule has 0 aromatic carbocycles. The van der Waals surface area contributed by atoms with Crippen molar-refractivity contribution in [2.75, 3.05) is 0 Å². The van der Waals surface area contributed by atoms with E-state index < -0.39 is 30.1 Å². The fourth-order valence-electron chi connectivity index (χ4n) is 2.13. The van der Waals surface area contributed by atoms with E-state index in [0.29, 0.717) is 0 Å². The molecule has 1 unspecified atom stereocenters. The fraction of sp³-hybridized carbons (Fsp3) is 0.636. The molecule has 0 bridgehead atoms. The van der Waals surface area contributed by atoms with Crippen molar-refractivity contribution in [1.82, 2.24) is 9.97 Å². The number of nitrogens with zero attached hydrogens (tertiary/aromatic N) is 2. The normalized spacial score (nSPS) is 22.7. The molecule has 1 heterocycles. The van der Waals surface area contributed by atoms with Crippen LogP contribution in [-0.2, 0) is 11.5 Å². The second-order valence-corrected chi connectivity index (χ2v) is 5.09. The molecule has 0 N–H and O–H groups in total. The van der Waals surface area contributed by atoms with Gasteiger partial charge in [-0.05, 0) is 6.42 Å². The molecule has 106 valence electrons. The van der Waals surface area contributed by atoms with Crippen LogP contribution in [0.4, 0.5) is 22.0 Å². The van der Waals surface area contributed by atoms with Crippen LogP contribution < -0.4 is 0 Å². The molecule has 1 atom stereocenters. The van der Waals surface area contributed by atoms with Gasteiger partial charge in [0.15, 0.2) is 5.69 Å². The smallest absolute Gasteiger partial charge is 0.241 e. The lowest BCUT2D eigenvalue weighted by Gasteiger charge is -2.14. The van der Waals surface area contributed by atoms with Crippen molar-refractivity contribution in [3.8, 4) is 0 Å². The summed E-state index contributed by atoms with van der Waals surface area (Å²) < 4.78 is 64.5. The van der Waals surface area contributed by atoms with Gasteiger partial charge in [0, 0.05) is 35.8 Å². The van der Waals surface area contributed by atoms with E-state index in [4.69, 9.17) is 0 Å². The molecule has 0 aliphatic heterocycles.